The third kappa shape index (κ3) is 2.26. The molecule has 0 saturated carbocycles. The first-order valence-corrected chi connectivity index (χ1v) is 4.17. The summed E-state index contributed by atoms with van der Waals surface area (Å²) in [5, 5.41) is 17.6. The van der Waals surface area contributed by atoms with Gasteiger partial charge in [-0.25, -0.2) is 9.18 Å². The molecule has 0 aliphatic heterocycles. The molecule has 0 bridgehead atoms. The summed E-state index contributed by atoms with van der Waals surface area (Å²) >= 11 is 3.01. The fourth-order valence-corrected chi connectivity index (χ4v) is 1.32. The van der Waals surface area contributed by atoms with E-state index in [2.05, 4.69) is 15.9 Å². The number of rotatable bonds is 2. The molecule has 5 heteroatoms. The van der Waals surface area contributed by atoms with Gasteiger partial charge < -0.3 is 10.2 Å². The predicted molar refractivity (Wildman–Crippen MR) is 46.7 cm³/mol. The van der Waals surface area contributed by atoms with Gasteiger partial charge in [0, 0.05) is 10.0 Å². The molecule has 2 N–H and O–H groups in total. The van der Waals surface area contributed by atoms with E-state index in [1.165, 1.54) is 12.1 Å². The van der Waals surface area contributed by atoms with Crippen molar-refractivity contribution in [3.63, 3.8) is 0 Å². The zero-order valence-electron chi connectivity index (χ0n) is 6.37. The van der Waals surface area contributed by atoms with Gasteiger partial charge in [-0.05, 0) is 18.2 Å². The number of halogens is 2. The smallest absolute Gasteiger partial charge is 0.337 e. The Balaban J connectivity index is 3.12. The molecular formula is C8H6BrFO3. The number of carbonyl (C=O) groups is 1. The highest BCUT2D eigenvalue weighted by Crippen LogP contribution is 2.24. The third-order valence-electron chi connectivity index (χ3n) is 1.49. The Morgan fingerprint density at radius 1 is 1.54 bits per heavy atom. The summed E-state index contributed by atoms with van der Waals surface area (Å²) in [5.41, 5.74) is 0.00694. The minimum Gasteiger partial charge on any atom is -0.479 e. The van der Waals surface area contributed by atoms with Gasteiger partial charge in [0.2, 0.25) is 0 Å². The van der Waals surface area contributed by atoms with Crippen LogP contribution in [-0.2, 0) is 4.79 Å². The van der Waals surface area contributed by atoms with E-state index in [0.29, 0.717) is 4.47 Å². The summed E-state index contributed by atoms with van der Waals surface area (Å²) in [6, 6.07) is 3.49. The van der Waals surface area contributed by atoms with Gasteiger partial charge >= 0.3 is 5.97 Å². The van der Waals surface area contributed by atoms with Crippen molar-refractivity contribution in [3.05, 3.63) is 34.1 Å². The monoisotopic (exact) mass is 248 g/mol. The van der Waals surface area contributed by atoms with E-state index < -0.39 is 17.9 Å². The lowest BCUT2D eigenvalue weighted by molar-refractivity contribution is -0.147. The van der Waals surface area contributed by atoms with Crippen LogP contribution in [0.25, 0.3) is 0 Å². The first-order valence-electron chi connectivity index (χ1n) is 3.38. The summed E-state index contributed by atoms with van der Waals surface area (Å²) in [7, 11) is 0. The number of carboxylic acid groups (broad SMARTS) is 1. The molecule has 0 fully saturated rings. The second kappa shape index (κ2) is 3.85. The van der Waals surface area contributed by atoms with Crippen molar-refractivity contribution in [2.45, 2.75) is 6.10 Å². The topological polar surface area (TPSA) is 57.5 Å². The molecule has 3 nitrogen and oxygen atoms in total. The van der Waals surface area contributed by atoms with Crippen LogP contribution >= 0.6 is 15.9 Å². The van der Waals surface area contributed by atoms with Gasteiger partial charge in [0.25, 0.3) is 0 Å². The fraction of sp³-hybridized carbons (Fsp3) is 0.125. The van der Waals surface area contributed by atoms with Gasteiger partial charge in [0.1, 0.15) is 5.82 Å². The van der Waals surface area contributed by atoms with Crippen LogP contribution in [0.1, 0.15) is 11.7 Å². The average Bonchev–Trinajstić information content (AvgIpc) is 2.08. The van der Waals surface area contributed by atoms with E-state index in [9.17, 15) is 9.18 Å². The van der Waals surface area contributed by atoms with Crippen LogP contribution in [-0.4, -0.2) is 16.2 Å². The first-order chi connectivity index (χ1) is 6.02. The highest BCUT2D eigenvalue weighted by molar-refractivity contribution is 9.10. The number of aliphatic carboxylic acids is 1. The summed E-state index contributed by atoms with van der Waals surface area (Å²) < 4.78 is 13.0. The van der Waals surface area contributed by atoms with Crippen molar-refractivity contribution in [2.24, 2.45) is 0 Å². The molecule has 1 atom stereocenters. The van der Waals surface area contributed by atoms with E-state index in [4.69, 9.17) is 10.2 Å². The summed E-state index contributed by atoms with van der Waals surface area (Å²) in [6.07, 6.45) is -1.70. The average molecular weight is 249 g/mol. The number of carboxylic acids is 1. The van der Waals surface area contributed by atoms with E-state index in [1.807, 2.05) is 0 Å². The molecule has 70 valence electrons. The van der Waals surface area contributed by atoms with Gasteiger partial charge in [0.05, 0.1) is 0 Å². The Bertz CT molecular complexity index is 340. The van der Waals surface area contributed by atoms with Crippen molar-refractivity contribution in [1.29, 1.82) is 0 Å². The standard InChI is InChI=1S/C8H6BrFO3/c9-6-2-1-4(10)3-5(6)7(11)8(12)13/h1-3,7,11H,(H,12,13)/t7-/m0/s1. The van der Waals surface area contributed by atoms with Crippen molar-refractivity contribution >= 4 is 21.9 Å². The number of benzene rings is 1. The highest BCUT2D eigenvalue weighted by atomic mass is 79.9. The van der Waals surface area contributed by atoms with Crippen LogP contribution in [0, 0.1) is 5.82 Å². The molecule has 0 spiro atoms. The van der Waals surface area contributed by atoms with Crippen LogP contribution in [0.3, 0.4) is 0 Å². The normalized spacial score (nSPS) is 12.5. The second-order valence-corrected chi connectivity index (χ2v) is 3.26. The van der Waals surface area contributed by atoms with Crippen molar-refractivity contribution < 1.29 is 19.4 Å². The summed E-state index contributed by atoms with van der Waals surface area (Å²) in [4.78, 5) is 10.4. The first kappa shape index (κ1) is 10.1. The molecular weight excluding hydrogens is 243 g/mol. The largest absolute Gasteiger partial charge is 0.479 e. The Labute approximate surface area is 81.9 Å². The number of hydrogen-bond donors (Lipinski definition) is 2. The lowest BCUT2D eigenvalue weighted by Crippen LogP contribution is -2.11. The van der Waals surface area contributed by atoms with E-state index in [1.54, 1.807) is 0 Å². The third-order valence-corrected chi connectivity index (χ3v) is 2.21. The zero-order valence-corrected chi connectivity index (χ0v) is 7.95. The Kier molecular flexibility index (Phi) is 3.00. The molecule has 0 amide bonds. The molecule has 0 heterocycles. The molecule has 1 rings (SSSR count). The SMILES string of the molecule is O=C(O)[C@@H](O)c1cc(F)ccc1Br. The molecule has 0 unspecified atom stereocenters. The molecule has 0 aliphatic carbocycles. The molecule has 13 heavy (non-hydrogen) atoms. The maximum atomic E-state index is 12.6. The molecule has 1 aromatic carbocycles. The van der Waals surface area contributed by atoms with Crippen LogP contribution in [0.5, 0.6) is 0 Å². The Hall–Kier alpha value is -0.940. The van der Waals surface area contributed by atoms with Gasteiger partial charge in [0.15, 0.2) is 6.10 Å². The lowest BCUT2D eigenvalue weighted by Gasteiger charge is -2.07. The quantitative estimate of drug-likeness (QED) is 0.838. The summed E-state index contributed by atoms with van der Waals surface area (Å²) in [6.45, 7) is 0. The van der Waals surface area contributed by atoms with Crippen molar-refractivity contribution in [2.75, 3.05) is 0 Å². The van der Waals surface area contributed by atoms with Gasteiger partial charge in [-0.3, -0.25) is 0 Å². The fourth-order valence-electron chi connectivity index (χ4n) is 0.857. The zero-order chi connectivity index (χ0) is 10.0. The van der Waals surface area contributed by atoms with E-state index >= 15 is 0 Å². The maximum absolute atomic E-state index is 12.6. The molecule has 0 saturated heterocycles. The van der Waals surface area contributed by atoms with Gasteiger partial charge in [-0.2, -0.15) is 0 Å². The van der Waals surface area contributed by atoms with Crippen molar-refractivity contribution in [3.8, 4) is 0 Å². The highest BCUT2D eigenvalue weighted by Gasteiger charge is 2.18. The van der Waals surface area contributed by atoms with Gasteiger partial charge in [-0.1, -0.05) is 15.9 Å². The molecule has 0 radical (unpaired) electrons. The van der Waals surface area contributed by atoms with Crippen molar-refractivity contribution in [1.82, 2.24) is 0 Å². The van der Waals surface area contributed by atoms with E-state index in [-0.39, 0.29) is 5.56 Å². The number of aliphatic hydroxyl groups is 1. The molecule has 1 aromatic rings. The van der Waals surface area contributed by atoms with Crippen LogP contribution in [0.4, 0.5) is 4.39 Å². The number of hydrogen-bond acceptors (Lipinski definition) is 2. The second-order valence-electron chi connectivity index (χ2n) is 2.41. The predicted octanol–water partition coefficient (Wildman–Crippen LogP) is 1.71. The molecule has 0 aliphatic rings. The minimum absolute atomic E-state index is 0.00694. The maximum Gasteiger partial charge on any atom is 0.337 e. The van der Waals surface area contributed by atoms with Crippen LogP contribution in [0.15, 0.2) is 22.7 Å². The van der Waals surface area contributed by atoms with E-state index in [0.717, 1.165) is 6.07 Å². The lowest BCUT2D eigenvalue weighted by atomic mass is 10.1. The minimum atomic E-state index is -1.70. The van der Waals surface area contributed by atoms with Gasteiger partial charge in [-0.15, -0.1) is 0 Å². The molecule has 0 aromatic heterocycles. The van der Waals surface area contributed by atoms with Crippen LogP contribution < -0.4 is 0 Å². The Morgan fingerprint density at radius 2 is 2.15 bits per heavy atom. The number of aliphatic hydroxyl groups excluding tert-OH is 1. The Morgan fingerprint density at radius 3 is 2.69 bits per heavy atom. The summed E-state index contributed by atoms with van der Waals surface area (Å²) in [5.74, 6) is -2.00. The van der Waals surface area contributed by atoms with Crippen LogP contribution in [0.2, 0.25) is 0 Å².